The third-order valence-corrected chi connectivity index (χ3v) is 5.07. The maximum atomic E-state index is 12.5. The molecule has 4 nitrogen and oxygen atoms in total. The van der Waals surface area contributed by atoms with Crippen molar-refractivity contribution in [2.75, 3.05) is 18.4 Å². The van der Waals surface area contributed by atoms with Gasteiger partial charge in [0, 0.05) is 30.4 Å². The van der Waals surface area contributed by atoms with E-state index in [9.17, 15) is 4.79 Å². The highest BCUT2D eigenvalue weighted by Crippen LogP contribution is 2.23. The molecule has 2 atom stereocenters. The highest BCUT2D eigenvalue weighted by atomic mass is 32.1. The lowest BCUT2D eigenvalue weighted by molar-refractivity contribution is 0.0773. The summed E-state index contributed by atoms with van der Waals surface area (Å²) in [4.78, 5) is 14.3. The third kappa shape index (κ3) is 4.94. The van der Waals surface area contributed by atoms with Crippen LogP contribution in [0.5, 0.6) is 0 Å². The first-order chi connectivity index (χ1) is 11.5. The highest BCUT2D eigenvalue weighted by Gasteiger charge is 2.21. The number of amides is 1. The number of anilines is 1. The van der Waals surface area contributed by atoms with E-state index in [1.54, 1.807) is 0 Å². The molecule has 1 aromatic carbocycles. The molecule has 1 amide bonds. The van der Waals surface area contributed by atoms with E-state index in [-0.39, 0.29) is 5.91 Å². The summed E-state index contributed by atoms with van der Waals surface area (Å²) in [6.45, 7) is 7.70. The Balaban J connectivity index is 1.98. The Hall–Kier alpha value is -1.62. The van der Waals surface area contributed by atoms with Crippen molar-refractivity contribution in [3.8, 4) is 0 Å². The number of thiocarbonyl (C=S) groups is 1. The second kappa shape index (κ2) is 9.02. The fourth-order valence-corrected chi connectivity index (χ4v) is 3.56. The summed E-state index contributed by atoms with van der Waals surface area (Å²) < 4.78 is 0. The van der Waals surface area contributed by atoms with Crippen molar-refractivity contribution in [3.05, 3.63) is 29.8 Å². The van der Waals surface area contributed by atoms with Crippen molar-refractivity contribution >= 4 is 28.9 Å². The van der Waals surface area contributed by atoms with Crippen LogP contribution in [0.4, 0.5) is 5.69 Å². The van der Waals surface area contributed by atoms with Crippen molar-refractivity contribution < 1.29 is 4.79 Å². The van der Waals surface area contributed by atoms with Crippen molar-refractivity contribution in [2.45, 2.75) is 52.5 Å². The lowest BCUT2D eigenvalue weighted by Gasteiger charge is -2.30. The molecule has 0 spiro atoms. The van der Waals surface area contributed by atoms with Gasteiger partial charge in [-0.15, -0.1) is 0 Å². The van der Waals surface area contributed by atoms with Gasteiger partial charge in [0.2, 0.25) is 0 Å². The summed E-state index contributed by atoms with van der Waals surface area (Å²) >= 11 is 5.46. The van der Waals surface area contributed by atoms with Gasteiger partial charge in [0.05, 0.1) is 0 Å². The molecular weight excluding hydrogens is 318 g/mol. The number of hydrogen-bond acceptors (Lipinski definition) is 2. The van der Waals surface area contributed by atoms with E-state index in [1.165, 1.54) is 25.7 Å². The number of nitrogens with one attached hydrogen (secondary N) is 2. The molecule has 0 radical (unpaired) electrons. The molecule has 1 fully saturated rings. The van der Waals surface area contributed by atoms with E-state index in [1.807, 2.05) is 43.0 Å². The molecule has 0 saturated heterocycles. The van der Waals surface area contributed by atoms with Crippen LogP contribution in [0.1, 0.15) is 56.8 Å². The van der Waals surface area contributed by atoms with Crippen LogP contribution in [0.2, 0.25) is 0 Å². The molecule has 1 aliphatic rings. The van der Waals surface area contributed by atoms with E-state index in [2.05, 4.69) is 17.6 Å². The van der Waals surface area contributed by atoms with Crippen molar-refractivity contribution in [1.29, 1.82) is 0 Å². The van der Waals surface area contributed by atoms with Crippen LogP contribution in [0.25, 0.3) is 0 Å². The van der Waals surface area contributed by atoms with Crippen molar-refractivity contribution in [2.24, 2.45) is 5.92 Å². The van der Waals surface area contributed by atoms with Gasteiger partial charge in [-0.3, -0.25) is 4.79 Å². The molecule has 2 N–H and O–H groups in total. The van der Waals surface area contributed by atoms with E-state index < -0.39 is 0 Å². The molecular formula is C19H29N3OS. The SMILES string of the molecule is CCN(CC)C(=O)c1cccc(NC(=S)N[C@@H]2CCCC[C@@H]2C)c1. The Labute approximate surface area is 151 Å². The lowest BCUT2D eigenvalue weighted by Crippen LogP contribution is -2.43. The Kier molecular flexibility index (Phi) is 7.03. The normalized spacial score (nSPS) is 20.3. The van der Waals surface area contributed by atoms with Crippen LogP contribution >= 0.6 is 12.2 Å². The molecule has 0 bridgehead atoms. The van der Waals surface area contributed by atoms with Gasteiger partial charge in [0.1, 0.15) is 0 Å². The Morgan fingerprint density at radius 2 is 1.96 bits per heavy atom. The summed E-state index contributed by atoms with van der Waals surface area (Å²) in [5, 5.41) is 7.31. The molecule has 0 heterocycles. The van der Waals surface area contributed by atoms with Crippen LogP contribution in [0.3, 0.4) is 0 Å². The van der Waals surface area contributed by atoms with Gasteiger partial charge < -0.3 is 15.5 Å². The molecule has 5 heteroatoms. The summed E-state index contributed by atoms with van der Waals surface area (Å²) in [6, 6.07) is 8.01. The number of benzene rings is 1. The summed E-state index contributed by atoms with van der Waals surface area (Å²) in [5.74, 6) is 0.706. The van der Waals surface area contributed by atoms with E-state index >= 15 is 0 Å². The Bertz CT molecular complexity index is 571. The summed E-state index contributed by atoms with van der Waals surface area (Å²) in [5.41, 5.74) is 1.55. The largest absolute Gasteiger partial charge is 0.359 e. The fourth-order valence-electron chi connectivity index (χ4n) is 3.29. The van der Waals surface area contributed by atoms with Crippen molar-refractivity contribution in [1.82, 2.24) is 10.2 Å². The number of nitrogens with zero attached hydrogens (tertiary/aromatic N) is 1. The fraction of sp³-hybridized carbons (Fsp3) is 0.579. The first-order valence-corrected chi connectivity index (χ1v) is 9.42. The first kappa shape index (κ1) is 18.7. The average molecular weight is 348 g/mol. The minimum Gasteiger partial charge on any atom is -0.359 e. The lowest BCUT2D eigenvalue weighted by atomic mass is 9.86. The maximum absolute atomic E-state index is 12.5. The van der Waals surface area contributed by atoms with Crippen LogP contribution < -0.4 is 10.6 Å². The minimum absolute atomic E-state index is 0.0587. The van der Waals surface area contributed by atoms with Crippen molar-refractivity contribution in [3.63, 3.8) is 0 Å². The molecule has 24 heavy (non-hydrogen) atoms. The van der Waals surface area contributed by atoms with E-state index in [0.717, 1.165) is 5.69 Å². The maximum Gasteiger partial charge on any atom is 0.253 e. The molecule has 1 aliphatic carbocycles. The van der Waals surface area contributed by atoms with Crippen LogP contribution in [0.15, 0.2) is 24.3 Å². The van der Waals surface area contributed by atoms with Gasteiger partial charge in [0.15, 0.2) is 5.11 Å². The van der Waals surface area contributed by atoms with Crippen LogP contribution in [-0.2, 0) is 0 Å². The van der Waals surface area contributed by atoms with E-state index in [4.69, 9.17) is 12.2 Å². The molecule has 132 valence electrons. The number of rotatable bonds is 5. The predicted molar refractivity (Wildman–Crippen MR) is 104 cm³/mol. The second-order valence-corrected chi connectivity index (χ2v) is 6.93. The first-order valence-electron chi connectivity index (χ1n) is 9.02. The van der Waals surface area contributed by atoms with E-state index in [0.29, 0.717) is 35.7 Å². The molecule has 2 rings (SSSR count). The molecule has 0 aromatic heterocycles. The summed E-state index contributed by atoms with van der Waals surface area (Å²) in [7, 11) is 0. The third-order valence-electron chi connectivity index (χ3n) is 4.85. The number of hydrogen-bond donors (Lipinski definition) is 2. The quantitative estimate of drug-likeness (QED) is 0.789. The smallest absolute Gasteiger partial charge is 0.253 e. The molecule has 1 aromatic rings. The number of carbonyl (C=O) groups excluding carboxylic acids is 1. The van der Waals surface area contributed by atoms with Gasteiger partial charge in [-0.1, -0.05) is 25.8 Å². The predicted octanol–water partition coefficient (Wildman–Crippen LogP) is 4.03. The van der Waals surface area contributed by atoms with Gasteiger partial charge in [0.25, 0.3) is 5.91 Å². The minimum atomic E-state index is 0.0587. The zero-order valence-electron chi connectivity index (χ0n) is 15.0. The Morgan fingerprint density at radius 1 is 1.25 bits per heavy atom. The van der Waals surface area contributed by atoms with Gasteiger partial charge in [-0.25, -0.2) is 0 Å². The van der Waals surface area contributed by atoms with Crippen LogP contribution in [0, 0.1) is 5.92 Å². The monoisotopic (exact) mass is 347 g/mol. The van der Waals surface area contributed by atoms with Gasteiger partial charge in [-0.05, 0) is 63.0 Å². The zero-order chi connectivity index (χ0) is 17.5. The van der Waals surface area contributed by atoms with Gasteiger partial charge >= 0.3 is 0 Å². The summed E-state index contributed by atoms with van der Waals surface area (Å²) in [6.07, 6.45) is 5.01. The molecule has 1 saturated carbocycles. The zero-order valence-corrected chi connectivity index (χ0v) is 15.8. The topological polar surface area (TPSA) is 44.4 Å². The van der Waals surface area contributed by atoms with Crippen LogP contribution in [-0.4, -0.2) is 35.1 Å². The average Bonchev–Trinajstić information content (AvgIpc) is 2.58. The standard InChI is InChI=1S/C19H29N3OS/c1-4-22(5-2)18(23)15-10-8-11-16(13-15)20-19(24)21-17-12-7-6-9-14(17)3/h8,10-11,13-14,17H,4-7,9,12H2,1-3H3,(H2,20,21,24)/t14-,17+/m0/s1. The highest BCUT2D eigenvalue weighted by molar-refractivity contribution is 7.80. The number of carbonyl (C=O) groups is 1. The Morgan fingerprint density at radius 3 is 2.62 bits per heavy atom. The van der Waals surface area contributed by atoms with Gasteiger partial charge in [-0.2, -0.15) is 0 Å². The molecule has 0 aliphatic heterocycles. The molecule has 0 unspecified atom stereocenters. The second-order valence-electron chi connectivity index (χ2n) is 6.52.